The number of nitrogens with one attached hydrogen (secondary N) is 1. The lowest BCUT2D eigenvalue weighted by molar-refractivity contribution is -0.132. The van der Waals surface area contributed by atoms with Crippen LogP contribution in [0.15, 0.2) is 18.2 Å². The molecule has 2 rings (SSSR count). The Morgan fingerprint density at radius 3 is 2.57 bits per heavy atom. The van der Waals surface area contributed by atoms with Gasteiger partial charge in [-0.25, -0.2) is 8.78 Å². The van der Waals surface area contributed by atoms with Gasteiger partial charge in [0.15, 0.2) is 11.6 Å². The molecule has 1 aliphatic carbocycles. The van der Waals surface area contributed by atoms with E-state index in [4.69, 9.17) is 0 Å². The predicted octanol–water partition coefficient (Wildman–Crippen LogP) is 3.56. The number of hydrogen-bond donors (Lipinski definition) is 1. The van der Waals surface area contributed by atoms with Crippen molar-refractivity contribution < 1.29 is 13.6 Å². The fourth-order valence-electron chi connectivity index (χ4n) is 2.92. The third-order valence-corrected chi connectivity index (χ3v) is 4.04. The van der Waals surface area contributed by atoms with E-state index in [9.17, 15) is 13.6 Å². The Kier molecular flexibility index (Phi) is 5.53. The highest BCUT2D eigenvalue weighted by Gasteiger charge is 2.23. The predicted molar refractivity (Wildman–Crippen MR) is 79.1 cm³/mol. The number of halogens is 2. The maximum absolute atomic E-state index is 13.1. The molecule has 1 amide bonds. The van der Waals surface area contributed by atoms with Gasteiger partial charge in [0.2, 0.25) is 5.91 Å². The summed E-state index contributed by atoms with van der Waals surface area (Å²) >= 11 is 0. The number of nitrogens with zero attached hydrogens (tertiary/aromatic N) is 1. The number of likely N-dealkylation sites (N-methyl/N-ethyl adjacent to an activating group) is 1. The van der Waals surface area contributed by atoms with Crippen LogP contribution in [-0.2, 0) is 4.79 Å². The number of hydrogen-bond acceptors (Lipinski definition) is 2. The van der Waals surface area contributed by atoms with Gasteiger partial charge in [-0.05, 0) is 31.9 Å². The minimum absolute atomic E-state index is 0.00846. The highest BCUT2D eigenvalue weighted by atomic mass is 19.2. The average Bonchev–Trinajstić information content (AvgIpc) is 2.50. The van der Waals surface area contributed by atoms with Crippen LogP contribution in [0.1, 0.15) is 39.0 Å². The molecule has 0 atom stereocenters. The van der Waals surface area contributed by atoms with Crippen molar-refractivity contribution in [3.8, 4) is 0 Å². The van der Waals surface area contributed by atoms with Gasteiger partial charge < -0.3 is 10.2 Å². The van der Waals surface area contributed by atoms with Crippen LogP contribution in [0.2, 0.25) is 0 Å². The Labute approximate surface area is 124 Å². The van der Waals surface area contributed by atoms with E-state index in [0.717, 1.165) is 25.0 Å². The second-order valence-electron chi connectivity index (χ2n) is 5.45. The molecule has 0 aromatic heterocycles. The first-order chi connectivity index (χ1) is 10.1. The van der Waals surface area contributed by atoms with Gasteiger partial charge in [0, 0.05) is 24.3 Å². The van der Waals surface area contributed by atoms with Gasteiger partial charge in [-0.2, -0.15) is 0 Å². The van der Waals surface area contributed by atoms with Crippen LogP contribution >= 0.6 is 0 Å². The van der Waals surface area contributed by atoms with E-state index < -0.39 is 11.6 Å². The molecule has 21 heavy (non-hydrogen) atoms. The van der Waals surface area contributed by atoms with Crippen molar-refractivity contribution in [2.45, 2.75) is 45.1 Å². The zero-order valence-corrected chi connectivity index (χ0v) is 12.4. The van der Waals surface area contributed by atoms with Crippen LogP contribution in [0.5, 0.6) is 0 Å². The molecular weight excluding hydrogens is 274 g/mol. The van der Waals surface area contributed by atoms with Crippen LogP contribution in [0.4, 0.5) is 14.5 Å². The Balaban J connectivity index is 1.91. The number of benzene rings is 1. The molecule has 0 spiro atoms. The first-order valence-corrected chi connectivity index (χ1v) is 7.60. The van der Waals surface area contributed by atoms with Crippen LogP contribution in [0, 0.1) is 11.6 Å². The second-order valence-corrected chi connectivity index (χ2v) is 5.45. The lowest BCUT2D eigenvalue weighted by Crippen LogP contribution is -2.43. The van der Waals surface area contributed by atoms with E-state index in [1.165, 1.54) is 25.3 Å². The number of carbonyl (C=O) groups is 1. The van der Waals surface area contributed by atoms with E-state index in [1.807, 2.05) is 11.8 Å². The Hall–Kier alpha value is -1.65. The number of rotatable bonds is 5. The SMILES string of the molecule is CCN(C(=O)CNc1ccc(F)c(F)c1)C1CCCCC1. The molecule has 1 saturated carbocycles. The van der Waals surface area contributed by atoms with Gasteiger partial charge in [-0.15, -0.1) is 0 Å². The van der Waals surface area contributed by atoms with E-state index in [-0.39, 0.29) is 12.5 Å². The minimum Gasteiger partial charge on any atom is -0.376 e. The van der Waals surface area contributed by atoms with Gasteiger partial charge in [0.1, 0.15) is 0 Å². The van der Waals surface area contributed by atoms with E-state index in [0.29, 0.717) is 18.3 Å². The van der Waals surface area contributed by atoms with Crippen LogP contribution in [0.3, 0.4) is 0 Å². The average molecular weight is 296 g/mol. The van der Waals surface area contributed by atoms with Crippen molar-refractivity contribution in [1.29, 1.82) is 0 Å². The third kappa shape index (κ3) is 4.16. The van der Waals surface area contributed by atoms with Gasteiger partial charge in [-0.1, -0.05) is 19.3 Å². The van der Waals surface area contributed by atoms with Crippen LogP contribution in [-0.4, -0.2) is 29.9 Å². The van der Waals surface area contributed by atoms with E-state index in [1.54, 1.807) is 0 Å². The van der Waals surface area contributed by atoms with Crippen molar-refractivity contribution in [1.82, 2.24) is 4.90 Å². The largest absolute Gasteiger partial charge is 0.376 e. The van der Waals surface area contributed by atoms with Crippen molar-refractivity contribution in [2.75, 3.05) is 18.4 Å². The maximum Gasteiger partial charge on any atom is 0.242 e. The summed E-state index contributed by atoms with van der Waals surface area (Å²) in [6.45, 7) is 2.77. The first kappa shape index (κ1) is 15.7. The van der Waals surface area contributed by atoms with Crippen molar-refractivity contribution >= 4 is 11.6 Å². The summed E-state index contributed by atoms with van der Waals surface area (Å²) in [5.74, 6) is -1.79. The zero-order valence-electron chi connectivity index (χ0n) is 12.4. The smallest absolute Gasteiger partial charge is 0.242 e. The molecule has 116 valence electrons. The van der Waals surface area contributed by atoms with Gasteiger partial charge in [0.05, 0.1) is 6.54 Å². The number of anilines is 1. The number of amides is 1. The molecule has 0 unspecified atom stereocenters. The molecule has 0 bridgehead atoms. The lowest BCUT2D eigenvalue weighted by atomic mass is 9.94. The minimum atomic E-state index is -0.910. The third-order valence-electron chi connectivity index (χ3n) is 4.04. The summed E-state index contributed by atoms with van der Waals surface area (Å²) in [4.78, 5) is 14.2. The standard InChI is InChI=1S/C16H22F2N2O/c1-2-20(13-6-4-3-5-7-13)16(21)11-19-12-8-9-14(17)15(18)10-12/h8-10,13,19H,2-7,11H2,1H3. The fraction of sp³-hybridized carbons (Fsp3) is 0.562. The highest BCUT2D eigenvalue weighted by molar-refractivity contribution is 5.81. The summed E-state index contributed by atoms with van der Waals surface area (Å²) in [6, 6.07) is 3.88. The Morgan fingerprint density at radius 2 is 1.95 bits per heavy atom. The van der Waals surface area contributed by atoms with E-state index in [2.05, 4.69) is 5.32 Å². The summed E-state index contributed by atoms with van der Waals surface area (Å²) in [5, 5.41) is 2.87. The molecule has 5 heteroatoms. The van der Waals surface area contributed by atoms with Crippen molar-refractivity contribution in [3.63, 3.8) is 0 Å². The maximum atomic E-state index is 13.1. The second kappa shape index (κ2) is 7.38. The van der Waals surface area contributed by atoms with E-state index >= 15 is 0 Å². The molecule has 1 N–H and O–H groups in total. The number of carbonyl (C=O) groups excluding carboxylic acids is 1. The molecule has 1 aliphatic rings. The van der Waals surface area contributed by atoms with Crippen LogP contribution < -0.4 is 5.32 Å². The van der Waals surface area contributed by atoms with Crippen molar-refractivity contribution in [2.24, 2.45) is 0 Å². The summed E-state index contributed by atoms with van der Waals surface area (Å²) in [6.07, 6.45) is 5.71. The fourth-order valence-corrected chi connectivity index (χ4v) is 2.92. The monoisotopic (exact) mass is 296 g/mol. The molecule has 3 nitrogen and oxygen atoms in total. The molecule has 1 fully saturated rings. The topological polar surface area (TPSA) is 32.3 Å². The summed E-state index contributed by atoms with van der Waals surface area (Å²) in [5.41, 5.74) is 0.418. The molecular formula is C16H22F2N2O. The van der Waals surface area contributed by atoms with Gasteiger partial charge in [-0.3, -0.25) is 4.79 Å². The Morgan fingerprint density at radius 1 is 1.24 bits per heavy atom. The first-order valence-electron chi connectivity index (χ1n) is 7.60. The summed E-state index contributed by atoms with van der Waals surface area (Å²) in [7, 11) is 0. The van der Waals surface area contributed by atoms with Gasteiger partial charge >= 0.3 is 0 Å². The molecule has 0 radical (unpaired) electrons. The van der Waals surface area contributed by atoms with Crippen molar-refractivity contribution in [3.05, 3.63) is 29.8 Å². The molecule has 0 saturated heterocycles. The quantitative estimate of drug-likeness (QED) is 0.901. The van der Waals surface area contributed by atoms with Gasteiger partial charge in [0.25, 0.3) is 0 Å². The Bertz CT molecular complexity index is 487. The highest BCUT2D eigenvalue weighted by Crippen LogP contribution is 2.22. The zero-order chi connectivity index (χ0) is 15.2. The van der Waals surface area contributed by atoms with Crippen LogP contribution in [0.25, 0.3) is 0 Å². The molecule has 1 aromatic rings. The summed E-state index contributed by atoms with van der Waals surface area (Å²) < 4.78 is 26.0. The molecule has 1 aromatic carbocycles. The molecule has 0 aliphatic heterocycles. The normalized spacial score (nSPS) is 15.8. The molecule has 0 heterocycles. The lowest BCUT2D eigenvalue weighted by Gasteiger charge is -2.33.